The lowest BCUT2D eigenvalue weighted by molar-refractivity contribution is 0.0600. The van der Waals surface area contributed by atoms with Crippen LogP contribution in [-0.4, -0.2) is 26.3 Å². The molecule has 4 heteroatoms. The van der Waals surface area contributed by atoms with Crippen molar-refractivity contribution in [2.45, 2.75) is 18.8 Å². The highest BCUT2D eigenvalue weighted by Crippen LogP contribution is 2.34. The Hall–Kier alpha value is -1.42. The van der Waals surface area contributed by atoms with Crippen molar-refractivity contribution in [1.29, 1.82) is 0 Å². The molecule has 2 rings (SSSR count). The molecule has 0 aliphatic carbocycles. The fraction of sp³-hybridized carbons (Fsp3) is 0.462. The number of benzene rings is 1. The van der Waals surface area contributed by atoms with Gasteiger partial charge in [0.15, 0.2) is 0 Å². The first kappa shape index (κ1) is 12.0. The van der Waals surface area contributed by atoms with Crippen molar-refractivity contribution in [1.82, 2.24) is 0 Å². The maximum atomic E-state index is 14.0. The largest absolute Gasteiger partial charge is 0.465 e. The van der Waals surface area contributed by atoms with Gasteiger partial charge in [-0.2, -0.15) is 0 Å². The summed E-state index contributed by atoms with van der Waals surface area (Å²) < 4.78 is 23.8. The van der Waals surface area contributed by atoms with Crippen LogP contribution in [0.15, 0.2) is 18.2 Å². The minimum Gasteiger partial charge on any atom is -0.465 e. The first-order valence-electron chi connectivity index (χ1n) is 5.53. The van der Waals surface area contributed by atoms with E-state index in [-0.39, 0.29) is 16.8 Å². The number of methoxy groups -OCH3 is 1. The summed E-state index contributed by atoms with van der Waals surface area (Å²) in [5, 5.41) is 0. The van der Waals surface area contributed by atoms with Gasteiger partial charge in [0, 0.05) is 12.0 Å². The maximum Gasteiger partial charge on any atom is 0.337 e. The monoisotopic (exact) mass is 238 g/mol. The summed E-state index contributed by atoms with van der Waals surface area (Å²) in [5.41, 5.74) is 0.539. The third kappa shape index (κ3) is 2.17. The van der Waals surface area contributed by atoms with Crippen molar-refractivity contribution in [2.75, 3.05) is 20.3 Å². The second-order valence-electron chi connectivity index (χ2n) is 4.55. The molecule has 1 saturated heterocycles. The standard InChI is InChI=1S/C13H15FO3/c1-13(5-6-17-8-13)10-4-3-9(7-11(10)14)12(15)16-2/h3-4,7H,5-6,8H2,1-2H3. The molecule has 0 aromatic heterocycles. The van der Waals surface area contributed by atoms with Gasteiger partial charge in [-0.3, -0.25) is 0 Å². The Morgan fingerprint density at radius 1 is 1.53 bits per heavy atom. The van der Waals surface area contributed by atoms with Crippen LogP contribution in [0.5, 0.6) is 0 Å². The minimum atomic E-state index is -0.525. The second-order valence-corrected chi connectivity index (χ2v) is 4.55. The third-order valence-electron chi connectivity index (χ3n) is 3.26. The van der Waals surface area contributed by atoms with E-state index in [2.05, 4.69) is 4.74 Å². The average Bonchev–Trinajstić information content (AvgIpc) is 2.75. The highest BCUT2D eigenvalue weighted by Gasteiger charge is 2.34. The van der Waals surface area contributed by atoms with Crippen molar-refractivity contribution in [3.8, 4) is 0 Å². The molecule has 0 bridgehead atoms. The second kappa shape index (κ2) is 4.45. The normalized spacial score (nSPS) is 23.7. The quantitative estimate of drug-likeness (QED) is 0.741. The zero-order valence-corrected chi connectivity index (χ0v) is 9.96. The lowest BCUT2D eigenvalue weighted by atomic mass is 9.81. The van der Waals surface area contributed by atoms with Gasteiger partial charge in [-0.05, 0) is 24.1 Å². The molecule has 1 atom stereocenters. The number of carbonyl (C=O) groups is 1. The molecule has 1 fully saturated rings. The van der Waals surface area contributed by atoms with E-state index in [1.165, 1.54) is 13.2 Å². The molecule has 1 heterocycles. The van der Waals surface area contributed by atoms with E-state index >= 15 is 0 Å². The Bertz CT molecular complexity index is 436. The molecule has 0 saturated carbocycles. The lowest BCUT2D eigenvalue weighted by Gasteiger charge is -2.23. The molecule has 17 heavy (non-hydrogen) atoms. The van der Waals surface area contributed by atoms with Gasteiger partial charge in [-0.15, -0.1) is 0 Å². The van der Waals surface area contributed by atoms with E-state index in [0.717, 1.165) is 6.42 Å². The van der Waals surface area contributed by atoms with Gasteiger partial charge >= 0.3 is 5.97 Å². The summed E-state index contributed by atoms with van der Waals surface area (Å²) >= 11 is 0. The van der Waals surface area contributed by atoms with Crippen LogP contribution in [0.3, 0.4) is 0 Å². The SMILES string of the molecule is COC(=O)c1ccc(C2(C)CCOC2)c(F)c1. The van der Waals surface area contributed by atoms with Crippen molar-refractivity contribution >= 4 is 5.97 Å². The minimum absolute atomic E-state index is 0.233. The predicted octanol–water partition coefficient (Wildman–Crippen LogP) is 2.29. The number of ether oxygens (including phenoxy) is 2. The van der Waals surface area contributed by atoms with Crippen LogP contribution in [0.25, 0.3) is 0 Å². The van der Waals surface area contributed by atoms with E-state index in [9.17, 15) is 9.18 Å². The Labute approximate surface area is 99.5 Å². The Balaban J connectivity index is 2.34. The van der Waals surface area contributed by atoms with Crippen LogP contribution < -0.4 is 0 Å². The van der Waals surface area contributed by atoms with E-state index in [4.69, 9.17) is 4.74 Å². The molecule has 1 aliphatic heterocycles. The van der Waals surface area contributed by atoms with Gasteiger partial charge < -0.3 is 9.47 Å². The Morgan fingerprint density at radius 2 is 2.29 bits per heavy atom. The van der Waals surface area contributed by atoms with E-state index in [1.54, 1.807) is 12.1 Å². The van der Waals surface area contributed by atoms with Gasteiger partial charge in [-0.25, -0.2) is 9.18 Å². The average molecular weight is 238 g/mol. The van der Waals surface area contributed by atoms with Crippen LogP contribution in [0, 0.1) is 5.82 Å². The van der Waals surface area contributed by atoms with Gasteiger partial charge in [-0.1, -0.05) is 13.0 Å². The van der Waals surface area contributed by atoms with Gasteiger partial charge in [0.05, 0.1) is 19.3 Å². The van der Waals surface area contributed by atoms with Gasteiger partial charge in [0.2, 0.25) is 0 Å². The topological polar surface area (TPSA) is 35.5 Å². The van der Waals surface area contributed by atoms with Crippen LogP contribution in [-0.2, 0) is 14.9 Å². The number of carbonyl (C=O) groups excluding carboxylic acids is 1. The number of hydrogen-bond donors (Lipinski definition) is 0. The van der Waals surface area contributed by atoms with Crippen molar-refractivity contribution < 1.29 is 18.7 Å². The molecule has 1 aliphatic rings. The van der Waals surface area contributed by atoms with Crippen LogP contribution in [0.2, 0.25) is 0 Å². The first-order chi connectivity index (χ1) is 8.07. The predicted molar refractivity (Wildman–Crippen MR) is 60.5 cm³/mol. The molecule has 0 radical (unpaired) electrons. The van der Waals surface area contributed by atoms with Gasteiger partial charge in [0.1, 0.15) is 5.82 Å². The molecular weight excluding hydrogens is 223 g/mol. The molecule has 0 N–H and O–H groups in total. The fourth-order valence-electron chi connectivity index (χ4n) is 2.13. The molecule has 1 unspecified atom stereocenters. The summed E-state index contributed by atoms with van der Waals surface area (Å²) in [4.78, 5) is 11.3. The molecule has 92 valence electrons. The number of rotatable bonds is 2. The first-order valence-corrected chi connectivity index (χ1v) is 5.53. The Kier molecular flexibility index (Phi) is 3.15. The third-order valence-corrected chi connectivity index (χ3v) is 3.26. The zero-order valence-electron chi connectivity index (χ0n) is 9.96. The summed E-state index contributed by atoms with van der Waals surface area (Å²) in [6.07, 6.45) is 0.793. The van der Waals surface area contributed by atoms with Gasteiger partial charge in [0.25, 0.3) is 0 Å². The molecule has 0 amide bonds. The van der Waals surface area contributed by atoms with E-state index < -0.39 is 5.97 Å². The van der Waals surface area contributed by atoms with Crippen LogP contribution in [0.4, 0.5) is 4.39 Å². The zero-order chi connectivity index (χ0) is 12.5. The molecular formula is C13H15FO3. The maximum absolute atomic E-state index is 14.0. The number of esters is 1. The summed E-state index contributed by atoms with van der Waals surface area (Å²) in [6, 6.07) is 4.47. The highest BCUT2D eigenvalue weighted by atomic mass is 19.1. The number of halogens is 1. The smallest absolute Gasteiger partial charge is 0.337 e. The number of hydrogen-bond acceptors (Lipinski definition) is 3. The lowest BCUT2D eigenvalue weighted by Crippen LogP contribution is -2.23. The summed E-state index contributed by atoms with van der Waals surface area (Å²) in [7, 11) is 1.28. The van der Waals surface area contributed by atoms with Crippen molar-refractivity contribution in [3.63, 3.8) is 0 Å². The van der Waals surface area contributed by atoms with Crippen molar-refractivity contribution in [3.05, 3.63) is 35.1 Å². The van der Waals surface area contributed by atoms with Crippen molar-refractivity contribution in [2.24, 2.45) is 0 Å². The van der Waals surface area contributed by atoms with E-state index in [0.29, 0.717) is 18.8 Å². The summed E-state index contributed by atoms with van der Waals surface area (Å²) in [6.45, 7) is 3.13. The fourth-order valence-corrected chi connectivity index (χ4v) is 2.13. The van der Waals surface area contributed by atoms with Crippen LogP contribution >= 0.6 is 0 Å². The van der Waals surface area contributed by atoms with Crippen LogP contribution in [0.1, 0.15) is 29.3 Å². The Morgan fingerprint density at radius 3 is 2.82 bits per heavy atom. The summed E-state index contributed by atoms with van der Waals surface area (Å²) in [5.74, 6) is -0.899. The van der Waals surface area contributed by atoms with E-state index in [1.807, 2.05) is 6.92 Å². The molecule has 1 aromatic carbocycles. The molecule has 0 spiro atoms. The molecule has 3 nitrogen and oxygen atoms in total. The molecule has 1 aromatic rings. The highest BCUT2D eigenvalue weighted by molar-refractivity contribution is 5.89.